The third-order valence-electron chi connectivity index (χ3n) is 5.80. The van der Waals surface area contributed by atoms with E-state index in [4.69, 9.17) is 0 Å². The van der Waals surface area contributed by atoms with Crippen LogP contribution in [0.3, 0.4) is 0 Å². The molecule has 2 aromatic carbocycles. The lowest BCUT2D eigenvalue weighted by molar-refractivity contribution is -0.124. The number of halogens is 1. The molecule has 7 heteroatoms. The molecule has 6 nitrogen and oxygen atoms in total. The van der Waals surface area contributed by atoms with Gasteiger partial charge in [0.15, 0.2) is 0 Å². The maximum atomic E-state index is 13.5. The van der Waals surface area contributed by atoms with Crippen LogP contribution in [0.25, 0.3) is 0 Å². The summed E-state index contributed by atoms with van der Waals surface area (Å²) >= 11 is 0. The van der Waals surface area contributed by atoms with Crippen LogP contribution < -0.4 is 10.6 Å². The molecule has 0 saturated carbocycles. The zero-order chi connectivity index (χ0) is 23.1. The van der Waals surface area contributed by atoms with Crippen LogP contribution in [0.4, 0.5) is 4.39 Å². The van der Waals surface area contributed by atoms with Crippen LogP contribution in [0.2, 0.25) is 0 Å². The molecule has 1 saturated heterocycles. The first-order valence-corrected chi connectivity index (χ1v) is 11.1. The summed E-state index contributed by atoms with van der Waals surface area (Å²) in [6, 6.07) is 12.2. The molecule has 1 fully saturated rings. The molecule has 170 valence electrons. The van der Waals surface area contributed by atoms with Gasteiger partial charge in [0.25, 0.3) is 11.8 Å². The van der Waals surface area contributed by atoms with Gasteiger partial charge in [0, 0.05) is 30.8 Å². The van der Waals surface area contributed by atoms with Crippen molar-refractivity contribution in [3.8, 4) is 0 Å². The van der Waals surface area contributed by atoms with Gasteiger partial charge in [-0.05, 0) is 62.4 Å². The summed E-state index contributed by atoms with van der Waals surface area (Å²) in [5.74, 6) is -1.27. The number of nitrogens with one attached hydrogen (secondary N) is 2. The highest BCUT2D eigenvalue weighted by Gasteiger charge is 2.34. The van der Waals surface area contributed by atoms with Gasteiger partial charge in [-0.1, -0.05) is 30.7 Å². The molecule has 2 aromatic rings. The molecular formula is C25H30FN3O3. The number of aryl methyl sites for hydroxylation is 1. The molecule has 32 heavy (non-hydrogen) atoms. The van der Waals surface area contributed by atoms with E-state index in [0.29, 0.717) is 43.6 Å². The van der Waals surface area contributed by atoms with Crippen molar-refractivity contribution in [2.24, 2.45) is 5.92 Å². The first kappa shape index (κ1) is 23.4. The number of amides is 3. The minimum Gasteiger partial charge on any atom is -0.354 e. The molecule has 2 N–H and O–H groups in total. The van der Waals surface area contributed by atoms with E-state index in [2.05, 4.69) is 10.6 Å². The van der Waals surface area contributed by atoms with Crippen molar-refractivity contribution in [2.75, 3.05) is 19.6 Å². The Morgan fingerprint density at radius 2 is 1.75 bits per heavy atom. The second-order valence-electron chi connectivity index (χ2n) is 8.25. The molecule has 1 heterocycles. The molecular weight excluding hydrogens is 409 g/mol. The van der Waals surface area contributed by atoms with Gasteiger partial charge < -0.3 is 15.5 Å². The van der Waals surface area contributed by atoms with E-state index in [9.17, 15) is 18.8 Å². The zero-order valence-corrected chi connectivity index (χ0v) is 18.6. The molecule has 0 aliphatic carbocycles. The standard InChI is InChI=1S/C25H30FN3O3/c1-3-13-27-24(31)22(28-23(30)19-9-7-17(2)8-10-19)18-11-14-29(15-12-18)25(32)20-5-4-6-21(26)16-20/h4-10,16,18,22H,3,11-15H2,1-2H3,(H,27,31)(H,28,30). The lowest BCUT2D eigenvalue weighted by Crippen LogP contribution is -2.54. The second kappa shape index (κ2) is 10.9. The number of nitrogens with zero attached hydrogens (tertiary/aromatic N) is 1. The maximum absolute atomic E-state index is 13.5. The second-order valence-corrected chi connectivity index (χ2v) is 8.25. The normalized spacial score (nSPS) is 15.2. The number of hydrogen-bond donors (Lipinski definition) is 2. The third kappa shape index (κ3) is 5.93. The molecule has 0 spiro atoms. The van der Waals surface area contributed by atoms with Gasteiger partial charge in [-0.25, -0.2) is 4.39 Å². The Morgan fingerprint density at radius 3 is 2.38 bits per heavy atom. The van der Waals surface area contributed by atoms with Crippen LogP contribution in [0, 0.1) is 18.7 Å². The Balaban J connectivity index is 1.67. The number of hydrogen-bond acceptors (Lipinski definition) is 3. The van der Waals surface area contributed by atoms with E-state index in [0.717, 1.165) is 12.0 Å². The van der Waals surface area contributed by atoms with Gasteiger partial charge in [0.2, 0.25) is 5.91 Å². The fourth-order valence-corrected chi connectivity index (χ4v) is 3.93. The monoisotopic (exact) mass is 439 g/mol. The highest BCUT2D eigenvalue weighted by Crippen LogP contribution is 2.23. The smallest absolute Gasteiger partial charge is 0.253 e. The Morgan fingerprint density at radius 1 is 1.06 bits per heavy atom. The van der Waals surface area contributed by atoms with E-state index >= 15 is 0 Å². The van der Waals surface area contributed by atoms with E-state index in [1.54, 1.807) is 23.1 Å². The summed E-state index contributed by atoms with van der Waals surface area (Å²) in [6.45, 7) is 5.33. The Kier molecular flexibility index (Phi) is 7.98. The SMILES string of the molecule is CCCNC(=O)C(NC(=O)c1ccc(C)cc1)C1CCN(C(=O)c2cccc(F)c2)CC1. The molecule has 1 unspecified atom stereocenters. The lowest BCUT2D eigenvalue weighted by Gasteiger charge is -2.36. The van der Waals surface area contributed by atoms with Crippen molar-refractivity contribution >= 4 is 17.7 Å². The van der Waals surface area contributed by atoms with Crippen LogP contribution in [0.15, 0.2) is 48.5 Å². The van der Waals surface area contributed by atoms with Gasteiger partial charge in [0.1, 0.15) is 11.9 Å². The number of carbonyl (C=O) groups excluding carboxylic acids is 3. The third-order valence-corrected chi connectivity index (χ3v) is 5.80. The van der Waals surface area contributed by atoms with Crippen LogP contribution in [0.1, 0.15) is 52.5 Å². The lowest BCUT2D eigenvalue weighted by atomic mass is 9.88. The molecule has 1 atom stereocenters. The molecule has 1 aliphatic rings. The van der Waals surface area contributed by atoms with Crippen molar-refractivity contribution in [3.05, 3.63) is 71.0 Å². The molecule has 0 bridgehead atoms. The van der Waals surface area contributed by atoms with Crippen molar-refractivity contribution in [3.63, 3.8) is 0 Å². The minimum atomic E-state index is -0.679. The number of carbonyl (C=O) groups is 3. The highest BCUT2D eigenvalue weighted by atomic mass is 19.1. The highest BCUT2D eigenvalue weighted by molar-refractivity contribution is 5.97. The average Bonchev–Trinajstić information content (AvgIpc) is 2.81. The Bertz CT molecular complexity index is 953. The topological polar surface area (TPSA) is 78.5 Å². The van der Waals surface area contributed by atoms with Gasteiger partial charge >= 0.3 is 0 Å². The van der Waals surface area contributed by atoms with Crippen molar-refractivity contribution in [1.29, 1.82) is 0 Å². The zero-order valence-electron chi connectivity index (χ0n) is 18.6. The average molecular weight is 440 g/mol. The van der Waals surface area contributed by atoms with Crippen LogP contribution in [-0.4, -0.2) is 48.3 Å². The predicted octanol–water partition coefficient (Wildman–Crippen LogP) is 3.31. The Labute approximate surface area is 188 Å². The number of rotatable bonds is 7. The first-order chi connectivity index (χ1) is 15.4. The largest absolute Gasteiger partial charge is 0.354 e. The van der Waals surface area contributed by atoms with Gasteiger partial charge in [-0.2, -0.15) is 0 Å². The summed E-state index contributed by atoms with van der Waals surface area (Å²) < 4.78 is 13.5. The van der Waals surface area contributed by atoms with Gasteiger partial charge in [-0.15, -0.1) is 0 Å². The fourth-order valence-electron chi connectivity index (χ4n) is 3.93. The van der Waals surface area contributed by atoms with E-state index in [1.165, 1.54) is 18.2 Å². The van der Waals surface area contributed by atoms with Crippen LogP contribution in [0.5, 0.6) is 0 Å². The molecule has 0 aromatic heterocycles. The van der Waals surface area contributed by atoms with Crippen LogP contribution in [-0.2, 0) is 4.79 Å². The van der Waals surface area contributed by atoms with Crippen molar-refractivity contribution < 1.29 is 18.8 Å². The van der Waals surface area contributed by atoms with Crippen molar-refractivity contribution in [2.45, 2.75) is 39.2 Å². The maximum Gasteiger partial charge on any atom is 0.253 e. The molecule has 1 aliphatic heterocycles. The first-order valence-electron chi connectivity index (χ1n) is 11.1. The van der Waals surface area contributed by atoms with E-state index in [-0.39, 0.29) is 23.6 Å². The Hall–Kier alpha value is -3.22. The summed E-state index contributed by atoms with van der Waals surface area (Å²) in [6.07, 6.45) is 1.93. The van der Waals surface area contributed by atoms with E-state index < -0.39 is 11.9 Å². The summed E-state index contributed by atoms with van der Waals surface area (Å²) in [7, 11) is 0. The number of piperidine rings is 1. The quantitative estimate of drug-likeness (QED) is 0.695. The minimum absolute atomic E-state index is 0.0992. The van der Waals surface area contributed by atoms with E-state index in [1.807, 2.05) is 26.0 Å². The number of likely N-dealkylation sites (tertiary alicyclic amines) is 1. The molecule has 0 radical (unpaired) electrons. The summed E-state index contributed by atoms with van der Waals surface area (Å²) in [4.78, 5) is 40.0. The molecule has 3 rings (SSSR count). The van der Waals surface area contributed by atoms with Gasteiger partial charge in [0.05, 0.1) is 0 Å². The van der Waals surface area contributed by atoms with Gasteiger partial charge in [-0.3, -0.25) is 14.4 Å². The predicted molar refractivity (Wildman–Crippen MR) is 121 cm³/mol. The van der Waals surface area contributed by atoms with Crippen molar-refractivity contribution in [1.82, 2.24) is 15.5 Å². The summed E-state index contributed by atoms with van der Waals surface area (Å²) in [5.41, 5.74) is 1.87. The summed E-state index contributed by atoms with van der Waals surface area (Å²) in [5, 5.41) is 5.80. The number of benzene rings is 2. The fraction of sp³-hybridized carbons (Fsp3) is 0.400. The molecule has 3 amide bonds. The van der Waals surface area contributed by atoms with Crippen LogP contribution >= 0.6 is 0 Å².